The number of nitrogens with zero attached hydrogens (tertiary/aromatic N) is 1. The fourth-order valence-corrected chi connectivity index (χ4v) is 2.49. The SMILES string of the molecule is COc1cccc(-c2nc(COC(=O)C=C(C)C)cs2)c1. The summed E-state index contributed by atoms with van der Waals surface area (Å²) in [6.45, 7) is 3.89. The molecule has 0 aliphatic heterocycles. The molecule has 0 N–H and O–H groups in total. The van der Waals surface area contributed by atoms with E-state index in [0.29, 0.717) is 0 Å². The van der Waals surface area contributed by atoms with Crippen LogP contribution in [0.1, 0.15) is 19.5 Å². The summed E-state index contributed by atoms with van der Waals surface area (Å²) in [5.74, 6) is 0.449. The van der Waals surface area contributed by atoms with Gasteiger partial charge < -0.3 is 9.47 Å². The second-order valence-electron chi connectivity index (χ2n) is 4.71. The highest BCUT2D eigenvalue weighted by molar-refractivity contribution is 7.13. The van der Waals surface area contributed by atoms with Crippen LogP contribution in [-0.4, -0.2) is 18.1 Å². The highest BCUT2D eigenvalue weighted by Crippen LogP contribution is 2.27. The molecule has 4 nitrogen and oxygen atoms in total. The minimum atomic E-state index is -0.342. The minimum Gasteiger partial charge on any atom is -0.497 e. The van der Waals surface area contributed by atoms with E-state index in [4.69, 9.17) is 9.47 Å². The van der Waals surface area contributed by atoms with Crippen molar-refractivity contribution in [2.75, 3.05) is 7.11 Å². The first-order valence-corrected chi connectivity index (χ1v) is 7.37. The van der Waals surface area contributed by atoms with Crippen molar-refractivity contribution in [3.05, 3.63) is 47.0 Å². The lowest BCUT2D eigenvalue weighted by atomic mass is 10.2. The van der Waals surface area contributed by atoms with E-state index in [0.717, 1.165) is 27.6 Å². The number of thiazole rings is 1. The molecule has 0 atom stereocenters. The van der Waals surface area contributed by atoms with Crippen molar-refractivity contribution in [1.82, 2.24) is 4.98 Å². The molecule has 0 fully saturated rings. The summed E-state index contributed by atoms with van der Waals surface area (Å²) < 4.78 is 10.3. The standard InChI is InChI=1S/C16H17NO3S/c1-11(2)7-15(18)20-9-13-10-21-16(17-13)12-5-4-6-14(8-12)19-3/h4-8,10H,9H2,1-3H3. The lowest BCUT2D eigenvalue weighted by molar-refractivity contribution is -0.139. The number of benzene rings is 1. The Bertz CT molecular complexity index is 657. The summed E-state index contributed by atoms with van der Waals surface area (Å²) in [5, 5.41) is 2.77. The van der Waals surface area contributed by atoms with Crippen LogP contribution in [0.25, 0.3) is 10.6 Å². The van der Waals surface area contributed by atoms with Gasteiger partial charge in [0, 0.05) is 17.0 Å². The number of aromatic nitrogens is 1. The molecule has 0 unspecified atom stereocenters. The van der Waals surface area contributed by atoms with Gasteiger partial charge in [-0.15, -0.1) is 11.3 Å². The average Bonchev–Trinajstić information content (AvgIpc) is 2.93. The monoisotopic (exact) mass is 303 g/mol. The van der Waals surface area contributed by atoms with E-state index in [-0.39, 0.29) is 12.6 Å². The van der Waals surface area contributed by atoms with Gasteiger partial charge in [0.1, 0.15) is 17.4 Å². The van der Waals surface area contributed by atoms with Crippen LogP contribution in [0.15, 0.2) is 41.3 Å². The Balaban J connectivity index is 2.04. The van der Waals surface area contributed by atoms with E-state index in [1.807, 2.05) is 43.5 Å². The van der Waals surface area contributed by atoms with Crippen LogP contribution in [0.2, 0.25) is 0 Å². The van der Waals surface area contributed by atoms with E-state index in [1.165, 1.54) is 17.4 Å². The van der Waals surface area contributed by atoms with E-state index in [9.17, 15) is 4.79 Å². The molecule has 0 bridgehead atoms. The van der Waals surface area contributed by atoms with Crippen LogP contribution in [-0.2, 0) is 16.1 Å². The lowest BCUT2D eigenvalue weighted by Crippen LogP contribution is -2.01. The Labute approximate surface area is 128 Å². The van der Waals surface area contributed by atoms with Crippen molar-refractivity contribution >= 4 is 17.3 Å². The normalized spacial score (nSPS) is 10.0. The van der Waals surface area contributed by atoms with Crippen molar-refractivity contribution in [2.45, 2.75) is 20.5 Å². The average molecular weight is 303 g/mol. The van der Waals surface area contributed by atoms with E-state index >= 15 is 0 Å². The van der Waals surface area contributed by atoms with Crippen LogP contribution in [0, 0.1) is 0 Å². The summed E-state index contributed by atoms with van der Waals surface area (Å²) in [5.41, 5.74) is 2.64. The predicted octanol–water partition coefficient (Wildman–Crippen LogP) is 3.83. The summed E-state index contributed by atoms with van der Waals surface area (Å²) in [4.78, 5) is 15.9. The molecule has 110 valence electrons. The molecule has 0 aliphatic carbocycles. The number of hydrogen-bond acceptors (Lipinski definition) is 5. The van der Waals surface area contributed by atoms with Crippen LogP contribution < -0.4 is 4.74 Å². The van der Waals surface area contributed by atoms with Crippen LogP contribution in [0.5, 0.6) is 5.75 Å². The number of methoxy groups -OCH3 is 1. The first kappa shape index (κ1) is 15.3. The van der Waals surface area contributed by atoms with Gasteiger partial charge >= 0.3 is 5.97 Å². The second-order valence-corrected chi connectivity index (χ2v) is 5.56. The third-order valence-corrected chi connectivity index (χ3v) is 3.58. The number of rotatable bonds is 5. The molecule has 2 aromatic rings. The molecule has 1 heterocycles. The third kappa shape index (κ3) is 4.43. The molecular formula is C16H17NO3S. The van der Waals surface area contributed by atoms with Gasteiger partial charge in [0.05, 0.1) is 12.8 Å². The van der Waals surface area contributed by atoms with Gasteiger partial charge in [0.25, 0.3) is 0 Å². The zero-order valence-electron chi connectivity index (χ0n) is 12.3. The van der Waals surface area contributed by atoms with Gasteiger partial charge in [-0.25, -0.2) is 9.78 Å². The predicted molar refractivity (Wildman–Crippen MR) is 83.3 cm³/mol. The third-order valence-electron chi connectivity index (χ3n) is 2.64. The minimum absolute atomic E-state index is 0.184. The Morgan fingerprint density at radius 3 is 2.90 bits per heavy atom. The second kappa shape index (κ2) is 7.04. The van der Waals surface area contributed by atoms with Gasteiger partial charge in [-0.05, 0) is 26.0 Å². The van der Waals surface area contributed by atoms with Crippen molar-refractivity contribution in [2.24, 2.45) is 0 Å². The molecule has 1 aromatic heterocycles. The van der Waals surface area contributed by atoms with E-state index in [1.54, 1.807) is 7.11 Å². The van der Waals surface area contributed by atoms with Gasteiger partial charge in [-0.3, -0.25) is 0 Å². The maximum atomic E-state index is 11.4. The Hall–Kier alpha value is -2.14. The zero-order valence-corrected chi connectivity index (χ0v) is 13.1. The molecule has 1 aromatic carbocycles. The molecule has 0 aliphatic rings. The van der Waals surface area contributed by atoms with Crippen molar-refractivity contribution in [3.63, 3.8) is 0 Å². The summed E-state index contributed by atoms with van der Waals surface area (Å²) in [7, 11) is 1.63. The molecule has 0 saturated carbocycles. The molecule has 0 radical (unpaired) electrons. The maximum Gasteiger partial charge on any atom is 0.331 e. The first-order valence-electron chi connectivity index (χ1n) is 6.49. The van der Waals surface area contributed by atoms with Gasteiger partial charge in [0.2, 0.25) is 0 Å². The summed E-state index contributed by atoms with van der Waals surface area (Å²) in [6.07, 6.45) is 1.47. The van der Waals surface area contributed by atoms with Gasteiger partial charge in [-0.2, -0.15) is 0 Å². The molecule has 0 saturated heterocycles. The van der Waals surface area contributed by atoms with Crippen LogP contribution in [0.3, 0.4) is 0 Å². The van der Waals surface area contributed by atoms with Gasteiger partial charge in [0.15, 0.2) is 0 Å². The number of ether oxygens (including phenoxy) is 2. The fourth-order valence-electron chi connectivity index (χ4n) is 1.68. The largest absolute Gasteiger partial charge is 0.497 e. The highest BCUT2D eigenvalue weighted by atomic mass is 32.1. The molecule has 21 heavy (non-hydrogen) atoms. The number of carbonyl (C=O) groups excluding carboxylic acids is 1. The Morgan fingerprint density at radius 2 is 2.19 bits per heavy atom. The van der Waals surface area contributed by atoms with Crippen molar-refractivity contribution in [1.29, 1.82) is 0 Å². The maximum absolute atomic E-state index is 11.4. The summed E-state index contributed by atoms with van der Waals surface area (Å²) in [6, 6.07) is 7.71. The fraction of sp³-hybridized carbons (Fsp3) is 0.250. The molecular weight excluding hydrogens is 286 g/mol. The Morgan fingerprint density at radius 1 is 1.38 bits per heavy atom. The molecule has 2 rings (SSSR count). The number of esters is 1. The first-order chi connectivity index (χ1) is 10.1. The molecule has 5 heteroatoms. The van der Waals surface area contributed by atoms with E-state index < -0.39 is 0 Å². The van der Waals surface area contributed by atoms with Gasteiger partial charge in [-0.1, -0.05) is 17.7 Å². The number of allylic oxidation sites excluding steroid dienone is 1. The summed E-state index contributed by atoms with van der Waals surface area (Å²) >= 11 is 1.51. The lowest BCUT2D eigenvalue weighted by Gasteiger charge is -2.01. The zero-order chi connectivity index (χ0) is 15.2. The number of carbonyl (C=O) groups is 1. The molecule has 0 amide bonds. The van der Waals surface area contributed by atoms with Crippen molar-refractivity contribution < 1.29 is 14.3 Å². The highest BCUT2D eigenvalue weighted by Gasteiger charge is 2.07. The van der Waals surface area contributed by atoms with Crippen molar-refractivity contribution in [3.8, 4) is 16.3 Å². The number of hydrogen-bond donors (Lipinski definition) is 0. The topological polar surface area (TPSA) is 48.4 Å². The van der Waals surface area contributed by atoms with E-state index in [2.05, 4.69) is 4.98 Å². The van der Waals surface area contributed by atoms with Crippen LogP contribution >= 0.6 is 11.3 Å². The quantitative estimate of drug-likeness (QED) is 0.622. The van der Waals surface area contributed by atoms with Crippen LogP contribution in [0.4, 0.5) is 0 Å². The molecule has 0 spiro atoms. The Kier molecular flexibility index (Phi) is 5.11. The smallest absolute Gasteiger partial charge is 0.331 e.